The van der Waals surface area contributed by atoms with Crippen molar-refractivity contribution in [1.82, 2.24) is 10.2 Å². The largest absolute Gasteiger partial charge is 0.323 e. The lowest BCUT2D eigenvalue weighted by molar-refractivity contribution is -0.133. The van der Waals surface area contributed by atoms with Gasteiger partial charge in [0.1, 0.15) is 9.84 Å². The van der Waals surface area contributed by atoms with Gasteiger partial charge in [0.15, 0.2) is 0 Å². The fourth-order valence-electron chi connectivity index (χ4n) is 3.37. The van der Waals surface area contributed by atoms with Crippen molar-refractivity contribution in [3.8, 4) is 0 Å². The van der Waals surface area contributed by atoms with E-state index in [1.165, 1.54) is 0 Å². The second-order valence-electron chi connectivity index (χ2n) is 7.16. The van der Waals surface area contributed by atoms with E-state index in [-0.39, 0.29) is 41.6 Å². The summed E-state index contributed by atoms with van der Waals surface area (Å²) < 4.78 is 23.2. The first-order chi connectivity index (χ1) is 9.71. The van der Waals surface area contributed by atoms with Gasteiger partial charge in [-0.25, -0.2) is 8.42 Å². The average Bonchev–Trinajstić information content (AvgIpc) is 2.66. The third-order valence-electron chi connectivity index (χ3n) is 4.51. The Kier molecular flexibility index (Phi) is 4.98. The third-order valence-corrected chi connectivity index (χ3v) is 6.22. The zero-order valence-electron chi connectivity index (χ0n) is 13.5. The molecule has 2 fully saturated rings. The summed E-state index contributed by atoms with van der Waals surface area (Å²) in [5, 5.41) is 3.47. The van der Waals surface area contributed by atoms with Gasteiger partial charge in [-0.3, -0.25) is 10.1 Å². The van der Waals surface area contributed by atoms with Gasteiger partial charge in [-0.2, -0.15) is 0 Å². The van der Waals surface area contributed by atoms with Crippen molar-refractivity contribution in [2.75, 3.05) is 11.5 Å². The number of sulfone groups is 1. The van der Waals surface area contributed by atoms with Crippen LogP contribution in [0.15, 0.2) is 0 Å². The minimum Gasteiger partial charge on any atom is -0.323 e. The standard InChI is InChI=1S/C15H28N2O3S/c1-10(2)9-13-16-14(11(3)4)15(18)17(13)12-5-7-21(19,20)8-6-12/h10-14,16H,5-9H2,1-4H3. The molecule has 2 atom stereocenters. The first-order valence-electron chi connectivity index (χ1n) is 8.00. The zero-order valence-corrected chi connectivity index (χ0v) is 14.3. The summed E-state index contributed by atoms with van der Waals surface area (Å²) in [5.74, 6) is 1.32. The molecule has 6 heteroatoms. The van der Waals surface area contributed by atoms with Crippen LogP contribution in [0.5, 0.6) is 0 Å². The molecule has 0 aromatic rings. The Morgan fingerprint density at radius 2 is 1.76 bits per heavy atom. The molecule has 0 aromatic carbocycles. The number of rotatable bonds is 4. The van der Waals surface area contributed by atoms with Crippen LogP contribution in [0.2, 0.25) is 0 Å². The summed E-state index contributed by atoms with van der Waals surface area (Å²) in [5.41, 5.74) is 0. The SMILES string of the molecule is CC(C)CC1NC(C(C)C)C(=O)N1C1CCS(=O)(=O)CC1. The summed E-state index contributed by atoms with van der Waals surface area (Å²) in [6.07, 6.45) is 2.12. The van der Waals surface area contributed by atoms with Crippen molar-refractivity contribution >= 4 is 15.7 Å². The minimum atomic E-state index is -2.89. The molecule has 0 aliphatic carbocycles. The van der Waals surface area contributed by atoms with E-state index < -0.39 is 9.84 Å². The monoisotopic (exact) mass is 316 g/mol. The number of hydrogen-bond acceptors (Lipinski definition) is 4. The average molecular weight is 316 g/mol. The van der Waals surface area contributed by atoms with Crippen molar-refractivity contribution in [2.24, 2.45) is 11.8 Å². The Hall–Kier alpha value is -0.620. The first-order valence-corrected chi connectivity index (χ1v) is 9.82. The molecule has 0 spiro atoms. The first kappa shape index (κ1) is 16.7. The lowest BCUT2D eigenvalue weighted by atomic mass is 10.0. The summed E-state index contributed by atoms with van der Waals surface area (Å²) >= 11 is 0. The number of amides is 1. The zero-order chi connectivity index (χ0) is 15.8. The van der Waals surface area contributed by atoms with Crippen LogP contribution in [0.25, 0.3) is 0 Å². The van der Waals surface area contributed by atoms with Crippen molar-refractivity contribution in [2.45, 2.75) is 65.2 Å². The molecule has 1 N–H and O–H groups in total. The summed E-state index contributed by atoms with van der Waals surface area (Å²) in [7, 11) is -2.89. The normalized spacial score (nSPS) is 30.6. The van der Waals surface area contributed by atoms with E-state index in [1.54, 1.807) is 0 Å². The van der Waals surface area contributed by atoms with Crippen LogP contribution in [-0.4, -0.2) is 49.0 Å². The molecule has 2 aliphatic heterocycles. The van der Waals surface area contributed by atoms with Gasteiger partial charge < -0.3 is 4.90 Å². The quantitative estimate of drug-likeness (QED) is 0.851. The van der Waals surface area contributed by atoms with Crippen LogP contribution in [0.3, 0.4) is 0 Å². The minimum absolute atomic E-state index is 0.0516. The fraction of sp³-hybridized carbons (Fsp3) is 0.933. The number of carbonyl (C=O) groups excluding carboxylic acids is 1. The van der Waals surface area contributed by atoms with Crippen molar-refractivity contribution in [3.63, 3.8) is 0 Å². The lowest BCUT2D eigenvalue weighted by Crippen LogP contribution is -2.48. The molecule has 1 amide bonds. The topological polar surface area (TPSA) is 66.5 Å². The van der Waals surface area contributed by atoms with Gasteiger partial charge in [-0.15, -0.1) is 0 Å². The molecule has 0 aromatic heterocycles. The fourth-order valence-corrected chi connectivity index (χ4v) is 4.84. The summed E-state index contributed by atoms with van der Waals surface area (Å²) in [6.45, 7) is 8.41. The number of carbonyl (C=O) groups is 1. The maximum atomic E-state index is 12.7. The summed E-state index contributed by atoms with van der Waals surface area (Å²) in [4.78, 5) is 14.7. The van der Waals surface area contributed by atoms with E-state index in [0.717, 1.165) is 6.42 Å². The van der Waals surface area contributed by atoms with Crippen molar-refractivity contribution in [3.05, 3.63) is 0 Å². The van der Waals surface area contributed by atoms with E-state index >= 15 is 0 Å². The van der Waals surface area contributed by atoms with Crippen LogP contribution in [0.1, 0.15) is 47.0 Å². The van der Waals surface area contributed by atoms with E-state index in [4.69, 9.17) is 0 Å². The Balaban J connectivity index is 2.15. The third kappa shape index (κ3) is 3.77. The number of nitrogens with one attached hydrogen (secondary N) is 1. The maximum Gasteiger partial charge on any atom is 0.241 e. The molecule has 0 bridgehead atoms. The van der Waals surface area contributed by atoms with Crippen LogP contribution in [0.4, 0.5) is 0 Å². The van der Waals surface area contributed by atoms with Gasteiger partial charge >= 0.3 is 0 Å². The molecule has 122 valence electrons. The van der Waals surface area contributed by atoms with E-state index in [0.29, 0.717) is 18.8 Å². The number of nitrogens with zero attached hydrogens (tertiary/aromatic N) is 1. The van der Waals surface area contributed by atoms with Gasteiger partial charge in [0, 0.05) is 6.04 Å². The highest BCUT2D eigenvalue weighted by atomic mass is 32.2. The van der Waals surface area contributed by atoms with Gasteiger partial charge in [0.25, 0.3) is 0 Å². The maximum absolute atomic E-state index is 12.7. The van der Waals surface area contributed by atoms with E-state index in [1.807, 2.05) is 4.90 Å². The predicted molar refractivity (Wildman–Crippen MR) is 83.5 cm³/mol. The second-order valence-corrected chi connectivity index (χ2v) is 9.47. The van der Waals surface area contributed by atoms with Crippen LogP contribution < -0.4 is 5.32 Å². The summed E-state index contributed by atoms with van der Waals surface area (Å²) in [6, 6.07) is -0.0618. The Morgan fingerprint density at radius 1 is 1.19 bits per heavy atom. The number of hydrogen-bond donors (Lipinski definition) is 1. The van der Waals surface area contributed by atoms with Crippen LogP contribution in [-0.2, 0) is 14.6 Å². The van der Waals surface area contributed by atoms with Gasteiger partial charge in [-0.1, -0.05) is 27.7 Å². The Bertz CT molecular complexity index is 473. The Labute approximate surface area is 128 Å². The van der Waals surface area contributed by atoms with E-state index in [9.17, 15) is 13.2 Å². The molecule has 0 saturated carbocycles. The highest BCUT2D eigenvalue weighted by Crippen LogP contribution is 2.28. The molecular weight excluding hydrogens is 288 g/mol. The highest BCUT2D eigenvalue weighted by Gasteiger charge is 2.44. The second kappa shape index (κ2) is 6.24. The molecule has 2 aliphatic rings. The van der Waals surface area contributed by atoms with E-state index in [2.05, 4.69) is 33.0 Å². The van der Waals surface area contributed by atoms with Crippen molar-refractivity contribution in [1.29, 1.82) is 0 Å². The molecular formula is C15H28N2O3S. The van der Waals surface area contributed by atoms with Crippen LogP contribution in [0, 0.1) is 11.8 Å². The van der Waals surface area contributed by atoms with Crippen molar-refractivity contribution < 1.29 is 13.2 Å². The van der Waals surface area contributed by atoms with Gasteiger partial charge in [0.05, 0.1) is 23.7 Å². The molecule has 2 saturated heterocycles. The smallest absolute Gasteiger partial charge is 0.241 e. The molecule has 2 heterocycles. The van der Waals surface area contributed by atoms with Gasteiger partial charge in [0.2, 0.25) is 5.91 Å². The lowest BCUT2D eigenvalue weighted by Gasteiger charge is -2.35. The Morgan fingerprint density at radius 3 is 2.24 bits per heavy atom. The molecule has 0 radical (unpaired) electrons. The highest BCUT2D eigenvalue weighted by molar-refractivity contribution is 7.91. The van der Waals surface area contributed by atoms with Crippen LogP contribution >= 0.6 is 0 Å². The molecule has 2 rings (SSSR count). The predicted octanol–water partition coefficient (Wildman–Crippen LogP) is 1.39. The molecule has 21 heavy (non-hydrogen) atoms. The molecule has 2 unspecified atom stereocenters. The van der Waals surface area contributed by atoms with Gasteiger partial charge in [-0.05, 0) is 31.1 Å². The molecule has 5 nitrogen and oxygen atoms in total.